The molecule has 0 aromatic heterocycles. The van der Waals surface area contributed by atoms with E-state index in [1.54, 1.807) is 18.2 Å². The number of hydrogen-bond donors (Lipinski definition) is 2. The smallest absolute Gasteiger partial charge is 0.276 e. The van der Waals surface area contributed by atoms with Gasteiger partial charge in [0.2, 0.25) is 5.91 Å². The summed E-state index contributed by atoms with van der Waals surface area (Å²) >= 11 is 0. The van der Waals surface area contributed by atoms with Gasteiger partial charge in [-0.25, -0.2) is 4.99 Å². The number of aliphatic hydroxyl groups is 1. The molecule has 6 heteroatoms. The Morgan fingerprint density at radius 1 is 1.15 bits per heavy atom. The third-order valence-corrected chi connectivity index (χ3v) is 5.10. The summed E-state index contributed by atoms with van der Waals surface area (Å²) in [5.74, 6) is -3.15. The van der Waals surface area contributed by atoms with E-state index in [1.807, 2.05) is 32.1 Å². The molecule has 0 radical (unpaired) electrons. The lowest BCUT2D eigenvalue weighted by Crippen LogP contribution is -2.37. The molecule has 27 heavy (non-hydrogen) atoms. The van der Waals surface area contributed by atoms with Gasteiger partial charge in [0.15, 0.2) is 5.78 Å². The highest BCUT2D eigenvalue weighted by molar-refractivity contribution is 6.22. The molecule has 2 amide bonds. The number of aliphatic hydroxyl groups excluding tert-OH is 1. The Kier molecular flexibility index (Phi) is 3.91. The first-order valence-electron chi connectivity index (χ1n) is 8.72. The molecule has 2 heterocycles. The van der Waals surface area contributed by atoms with Crippen molar-refractivity contribution in [1.29, 1.82) is 0 Å². The maximum absolute atomic E-state index is 12.9. The number of anilines is 1. The lowest BCUT2D eigenvalue weighted by Gasteiger charge is -2.27. The van der Waals surface area contributed by atoms with Crippen LogP contribution in [0.5, 0.6) is 0 Å². The molecule has 0 spiro atoms. The van der Waals surface area contributed by atoms with Crippen LogP contribution in [-0.4, -0.2) is 28.4 Å². The molecule has 2 atom stereocenters. The summed E-state index contributed by atoms with van der Waals surface area (Å²) in [7, 11) is 0. The monoisotopic (exact) mass is 362 g/mol. The van der Waals surface area contributed by atoms with E-state index in [2.05, 4.69) is 10.3 Å². The molecule has 4 rings (SSSR count). The minimum absolute atomic E-state index is 0.0210. The number of aliphatic imine (C=N–C) groups is 1. The number of ketones is 1. The molecular formula is C21H18N2O4. The fourth-order valence-corrected chi connectivity index (χ4v) is 3.61. The summed E-state index contributed by atoms with van der Waals surface area (Å²) in [4.78, 5) is 41.8. The first-order valence-corrected chi connectivity index (χ1v) is 8.72. The van der Waals surface area contributed by atoms with E-state index in [1.165, 1.54) is 0 Å². The lowest BCUT2D eigenvalue weighted by molar-refractivity contribution is -0.118. The second-order valence-corrected chi connectivity index (χ2v) is 7.09. The van der Waals surface area contributed by atoms with E-state index in [-0.39, 0.29) is 23.5 Å². The van der Waals surface area contributed by atoms with Gasteiger partial charge in [-0.3, -0.25) is 14.4 Å². The number of allylic oxidation sites excluding steroid dienone is 4. The SMILES string of the molecule is CC1=CC2C(=NC(=O)C(CC3C(=O)Nc4ccc(C)cc4C3=O)=C2O)C=C1. The van der Waals surface area contributed by atoms with E-state index >= 15 is 0 Å². The van der Waals surface area contributed by atoms with Gasteiger partial charge < -0.3 is 10.4 Å². The first kappa shape index (κ1) is 17.1. The highest BCUT2D eigenvalue weighted by Gasteiger charge is 2.39. The van der Waals surface area contributed by atoms with Crippen LogP contribution >= 0.6 is 0 Å². The Labute approximate surface area is 156 Å². The molecule has 1 aliphatic carbocycles. The third kappa shape index (κ3) is 2.83. The zero-order chi connectivity index (χ0) is 19.3. The average Bonchev–Trinajstić information content (AvgIpc) is 2.62. The standard InChI is InChI=1S/C21H18N2O4/c1-10-3-5-16-12(7-10)18(24)14(20(26)22-16)9-15-19(25)13-8-11(2)4-6-17(13)23-21(15)27/h3-8,12,15,24H,9H2,1-2H3,(H,23,27). The number of rotatable bonds is 2. The van der Waals surface area contributed by atoms with E-state index in [0.717, 1.165) is 11.1 Å². The van der Waals surface area contributed by atoms with Crippen molar-refractivity contribution in [2.24, 2.45) is 16.8 Å². The average molecular weight is 362 g/mol. The van der Waals surface area contributed by atoms with Crippen LogP contribution in [0.4, 0.5) is 5.69 Å². The molecule has 2 unspecified atom stereocenters. The van der Waals surface area contributed by atoms with Crippen molar-refractivity contribution in [3.05, 3.63) is 64.5 Å². The first-order chi connectivity index (χ1) is 12.8. The topological polar surface area (TPSA) is 95.8 Å². The Balaban J connectivity index is 1.68. The van der Waals surface area contributed by atoms with Gasteiger partial charge in [0, 0.05) is 12.0 Å². The number of fused-ring (bicyclic) bond motifs is 2. The largest absolute Gasteiger partial charge is 0.511 e. The molecule has 1 aromatic carbocycles. The zero-order valence-electron chi connectivity index (χ0n) is 14.9. The van der Waals surface area contributed by atoms with Crippen molar-refractivity contribution in [3.8, 4) is 0 Å². The second-order valence-electron chi connectivity index (χ2n) is 7.09. The number of nitrogens with one attached hydrogen (secondary N) is 1. The lowest BCUT2D eigenvalue weighted by atomic mass is 9.82. The van der Waals surface area contributed by atoms with Crippen molar-refractivity contribution >= 4 is 29.0 Å². The predicted octanol–water partition coefficient (Wildman–Crippen LogP) is 3.06. The highest BCUT2D eigenvalue weighted by atomic mass is 16.3. The number of benzene rings is 1. The molecule has 1 aromatic rings. The second kappa shape index (κ2) is 6.16. The molecule has 0 saturated heterocycles. The van der Waals surface area contributed by atoms with E-state index in [0.29, 0.717) is 17.0 Å². The van der Waals surface area contributed by atoms with Crippen LogP contribution in [0, 0.1) is 18.8 Å². The summed E-state index contributed by atoms with van der Waals surface area (Å²) in [5, 5.41) is 13.4. The van der Waals surface area contributed by atoms with Crippen LogP contribution in [0.25, 0.3) is 0 Å². The third-order valence-electron chi connectivity index (χ3n) is 5.10. The molecule has 3 aliphatic rings. The van der Waals surface area contributed by atoms with Crippen molar-refractivity contribution < 1.29 is 19.5 Å². The molecular weight excluding hydrogens is 344 g/mol. The molecule has 136 valence electrons. The molecule has 2 aliphatic heterocycles. The Bertz CT molecular complexity index is 1030. The normalized spacial score (nSPS) is 24.1. The number of nitrogens with zero attached hydrogens (tertiary/aromatic N) is 1. The van der Waals surface area contributed by atoms with Gasteiger partial charge >= 0.3 is 0 Å². The number of amides is 2. The van der Waals surface area contributed by atoms with Crippen LogP contribution in [0.3, 0.4) is 0 Å². The van der Waals surface area contributed by atoms with Crippen LogP contribution in [0.15, 0.2) is 58.3 Å². The number of carbonyl (C=O) groups is 3. The Morgan fingerprint density at radius 2 is 1.93 bits per heavy atom. The predicted molar refractivity (Wildman–Crippen MR) is 101 cm³/mol. The fourth-order valence-electron chi connectivity index (χ4n) is 3.61. The maximum Gasteiger partial charge on any atom is 0.276 e. The summed E-state index contributed by atoms with van der Waals surface area (Å²) < 4.78 is 0. The van der Waals surface area contributed by atoms with Gasteiger partial charge in [-0.2, -0.15) is 0 Å². The minimum atomic E-state index is -1.07. The number of aryl methyl sites for hydroxylation is 1. The fraction of sp³-hybridized carbons (Fsp3) is 0.238. The van der Waals surface area contributed by atoms with Gasteiger partial charge in [0.25, 0.3) is 5.91 Å². The molecule has 0 bridgehead atoms. The van der Waals surface area contributed by atoms with Crippen LogP contribution < -0.4 is 5.32 Å². The van der Waals surface area contributed by atoms with Gasteiger partial charge in [-0.05, 0) is 32.1 Å². The van der Waals surface area contributed by atoms with Crippen LogP contribution in [0.2, 0.25) is 0 Å². The molecule has 0 saturated carbocycles. The summed E-state index contributed by atoms with van der Waals surface area (Å²) in [5.41, 5.74) is 3.21. The Hall–Kier alpha value is -3.28. The molecule has 6 nitrogen and oxygen atoms in total. The van der Waals surface area contributed by atoms with E-state index in [4.69, 9.17) is 0 Å². The van der Waals surface area contributed by atoms with Crippen LogP contribution in [-0.2, 0) is 9.59 Å². The number of carbonyl (C=O) groups excluding carboxylic acids is 3. The van der Waals surface area contributed by atoms with Crippen LogP contribution in [0.1, 0.15) is 29.3 Å². The summed E-state index contributed by atoms with van der Waals surface area (Å²) in [6.45, 7) is 3.74. The highest BCUT2D eigenvalue weighted by Crippen LogP contribution is 2.34. The van der Waals surface area contributed by atoms with Gasteiger partial charge in [-0.1, -0.05) is 29.4 Å². The van der Waals surface area contributed by atoms with Gasteiger partial charge in [0.05, 0.1) is 22.9 Å². The quantitative estimate of drug-likeness (QED) is 0.791. The molecule has 2 N–H and O–H groups in total. The van der Waals surface area contributed by atoms with Crippen molar-refractivity contribution in [2.45, 2.75) is 20.3 Å². The van der Waals surface area contributed by atoms with Crippen molar-refractivity contribution in [1.82, 2.24) is 0 Å². The summed E-state index contributed by atoms with van der Waals surface area (Å²) in [6, 6.07) is 5.22. The number of hydrogen-bond acceptors (Lipinski definition) is 4. The minimum Gasteiger partial charge on any atom is -0.511 e. The van der Waals surface area contributed by atoms with Crippen molar-refractivity contribution in [2.75, 3.05) is 5.32 Å². The van der Waals surface area contributed by atoms with Crippen molar-refractivity contribution in [3.63, 3.8) is 0 Å². The number of Topliss-reactive ketones (excluding diaryl/α,β-unsaturated/α-hetero) is 1. The maximum atomic E-state index is 12.9. The van der Waals surface area contributed by atoms with Gasteiger partial charge in [0.1, 0.15) is 11.7 Å². The molecule has 0 fully saturated rings. The number of dihydropyridines is 1. The van der Waals surface area contributed by atoms with E-state index < -0.39 is 23.7 Å². The van der Waals surface area contributed by atoms with E-state index in [9.17, 15) is 19.5 Å². The summed E-state index contributed by atoms with van der Waals surface area (Å²) in [6.07, 6.45) is 5.15. The van der Waals surface area contributed by atoms with Gasteiger partial charge in [-0.15, -0.1) is 0 Å². The zero-order valence-corrected chi connectivity index (χ0v) is 14.9. The Morgan fingerprint density at radius 3 is 2.70 bits per heavy atom.